The van der Waals surface area contributed by atoms with Crippen molar-refractivity contribution >= 4 is 5.78 Å². The van der Waals surface area contributed by atoms with E-state index in [1.54, 1.807) is 6.08 Å². The van der Waals surface area contributed by atoms with Gasteiger partial charge < -0.3 is 0 Å². The highest BCUT2D eigenvalue weighted by Crippen LogP contribution is 2.17. The summed E-state index contributed by atoms with van der Waals surface area (Å²) >= 11 is 0. The van der Waals surface area contributed by atoms with Crippen LogP contribution in [0, 0.1) is 0 Å². The van der Waals surface area contributed by atoms with Crippen molar-refractivity contribution in [3.05, 3.63) is 23.8 Å². The molecule has 1 heteroatoms. The van der Waals surface area contributed by atoms with Crippen LogP contribution in [0.1, 0.15) is 13.3 Å². The van der Waals surface area contributed by atoms with Gasteiger partial charge in [-0.25, -0.2) is 0 Å². The van der Waals surface area contributed by atoms with E-state index >= 15 is 0 Å². The van der Waals surface area contributed by atoms with E-state index in [2.05, 4.69) is 6.58 Å². The Morgan fingerprint density at radius 3 is 2.50 bits per heavy atom. The molecule has 0 N–H and O–H groups in total. The lowest BCUT2D eigenvalue weighted by molar-refractivity contribution is -0.111. The van der Waals surface area contributed by atoms with Crippen molar-refractivity contribution in [3.8, 4) is 0 Å². The SMILES string of the molecule is C=C1CC(C)=CC1=O. The molecule has 0 aromatic heterocycles. The third-order valence-electron chi connectivity index (χ3n) is 1.22. The lowest BCUT2D eigenvalue weighted by Crippen LogP contribution is -1.86. The van der Waals surface area contributed by atoms with E-state index in [0.717, 1.165) is 17.6 Å². The average Bonchev–Trinajstić information content (AvgIpc) is 1.85. The summed E-state index contributed by atoms with van der Waals surface area (Å²) in [7, 11) is 0. The fraction of sp³-hybridized carbons (Fsp3) is 0.286. The maximum atomic E-state index is 10.6. The molecule has 0 aromatic rings. The number of carbonyl (C=O) groups excluding carboxylic acids is 1. The summed E-state index contributed by atoms with van der Waals surface area (Å²) in [5, 5.41) is 0. The van der Waals surface area contributed by atoms with Crippen LogP contribution in [0.15, 0.2) is 23.8 Å². The summed E-state index contributed by atoms with van der Waals surface area (Å²) in [6.07, 6.45) is 2.42. The molecule has 0 amide bonds. The largest absolute Gasteiger partial charge is 0.290 e. The highest BCUT2D eigenvalue weighted by atomic mass is 16.1. The summed E-state index contributed by atoms with van der Waals surface area (Å²) < 4.78 is 0. The van der Waals surface area contributed by atoms with Crippen LogP contribution in [-0.4, -0.2) is 5.78 Å². The van der Waals surface area contributed by atoms with Crippen LogP contribution in [0.2, 0.25) is 0 Å². The van der Waals surface area contributed by atoms with Gasteiger partial charge in [0, 0.05) is 0 Å². The summed E-state index contributed by atoms with van der Waals surface area (Å²) in [6, 6.07) is 0. The van der Waals surface area contributed by atoms with Crippen LogP contribution in [0.3, 0.4) is 0 Å². The topological polar surface area (TPSA) is 17.1 Å². The fourth-order valence-corrected chi connectivity index (χ4v) is 0.801. The molecule has 1 nitrogen and oxygen atoms in total. The Balaban J connectivity index is 2.85. The standard InChI is InChI=1S/C7H8O/c1-5-3-6(2)7(8)4-5/h4H,2-3H2,1H3. The molecule has 0 bridgehead atoms. The first-order chi connectivity index (χ1) is 3.70. The minimum Gasteiger partial charge on any atom is -0.290 e. The highest BCUT2D eigenvalue weighted by Gasteiger charge is 2.11. The Labute approximate surface area is 48.7 Å². The molecule has 0 unspecified atom stereocenters. The number of ketones is 1. The molecule has 1 aliphatic rings. The van der Waals surface area contributed by atoms with E-state index in [1.807, 2.05) is 6.92 Å². The van der Waals surface area contributed by atoms with Gasteiger partial charge in [0.1, 0.15) is 0 Å². The number of carbonyl (C=O) groups is 1. The maximum absolute atomic E-state index is 10.6. The van der Waals surface area contributed by atoms with Gasteiger partial charge in [0.05, 0.1) is 0 Å². The Hall–Kier alpha value is -0.850. The second-order valence-corrected chi connectivity index (χ2v) is 2.14. The molecule has 42 valence electrons. The summed E-state index contributed by atoms with van der Waals surface area (Å²) in [5.74, 6) is 0.0995. The molecule has 8 heavy (non-hydrogen) atoms. The van der Waals surface area contributed by atoms with Gasteiger partial charge in [-0.15, -0.1) is 0 Å². The van der Waals surface area contributed by atoms with Crippen molar-refractivity contribution < 1.29 is 4.79 Å². The van der Waals surface area contributed by atoms with E-state index in [-0.39, 0.29) is 5.78 Å². The number of rotatable bonds is 0. The molecule has 0 radical (unpaired) electrons. The van der Waals surface area contributed by atoms with Crippen molar-refractivity contribution in [2.45, 2.75) is 13.3 Å². The first kappa shape index (κ1) is 5.29. The number of hydrogen-bond acceptors (Lipinski definition) is 1. The lowest BCUT2D eigenvalue weighted by atomic mass is 10.2. The lowest BCUT2D eigenvalue weighted by Gasteiger charge is -1.85. The smallest absolute Gasteiger partial charge is 0.181 e. The predicted octanol–water partition coefficient (Wildman–Crippen LogP) is 1.46. The van der Waals surface area contributed by atoms with E-state index < -0.39 is 0 Å². The second-order valence-electron chi connectivity index (χ2n) is 2.14. The number of hydrogen-bond donors (Lipinski definition) is 0. The van der Waals surface area contributed by atoms with Gasteiger partial charge in [0.15, 0.2) is 5.78 Å². The summed E-state index contributed by atoms with van der Waals surface area (Å²) in [5.41, 5.74) is 1.85. The summed E-state index contributed by atoms with van der Waals surface area (Å²) in [6.45, 7) is 5.52. The molecule has 0 heterocycles. The van der Waals surface area contributed by atoms with E-state index in [1.165, 1.54) is 0 Å². The predicted molar refractivity (Wildman–Crippen MR) is 32.5 cm³/mol. The quantitative estimate of drug-likeness (QED) is 0.429. The zero-order chi connectivity index (χ0) is 6.15. The zero-order valence-corrected chi connectivity index (χ0v) is 4.90. The average molecular weight is 108 g/mol. The third kappa shape index (κ3) is 0.713. The minimum atomic E-state index is 0.0995. The minimum absolute atomic E-state index is 0.0995. The molecule has 0 aliphatic heterocycles. The van der Waals surface area contributed by atoms with Gasteiger partial charge in [-0.05, 0) is 25.0 Å². The molecule has 0 aromatic carbocycles. The van der Waals surface area contributed by atoms with Gasteiger partial charge in [-0.1, -0.05) is 12.2 Å². The molecule has 0 fully saturated rings. The number of allylic oxidation sites excluding steroid dienone is 3. The van der Waals surface area contributed by atoms with Gasteiger partial charge in [0.2, 0.25) is 0 Å². The Morgan fingerprint density at radius 1 is 1.75 bits per heavy atom. The molecule has 0 saturated heterocycles. The van der Waals surface area contributed by atoms with Gasteiger partial charge >= 0.3 is 0 Å². The van der Waals surface area contributed by atoms with E-state index in [4.69, 9.17) is 0 Å². The first-order valence-electron chi connectivity index (χ1n) is 2.59. The maximum Gasteiger partial charge on any atom is 0.181 e. The molecule has 1 rings (SSSR count). The van der Waals surface area contributed by atoms with Gasteiger partial charge in [-0.2, -0.15) is 0 Å². The van der Waals surface area contributed by atoms with Crippen molar-refractivity contribution in [2.75, 3.05) is 0 Å². The van der Waals surface area contributed by atoms with Crippen LogP contribution >= 0.6 is 0 Å². The van der Waals surface area contributed by atoms with Crippen molar-refractivity contribution in [1.82, 2.24) is 0 Å². The van der Waals surface area contributed by atoms with Gasteiger partial charge in [0.25, 0.3) is 0 Å². The molecular weight excluding hydrogens is 100 g/mol. The Bertz CT molecular complexity index is 175. The highest BCUT2D eigenvalue weighted by molar-refractivity contribution is 6.06. The first-order valence-corrected chi connectivity index (χ1v) is 2.59. The fourth-order valence-electron chi connectivity index (χ4n) is 0.801. The normalized spacial score (nSPS) is 19.4. The molecule has 1 aliphatic carbocycles. The van der Waals surface area contributed by atoms with Crippen LogP contribution < -0.4 is 0 Å². The van der Waals surface area contributed by atoms with Crippen molar-refractivity contribution in [3.63, 3.8) is 0 Å². The van der Waals surface area contributed by atoms with E-state index in [0.29, 0.717) is 0 Å². The zero-order valence-electron chi connectivity index (χ0n) is 4.90. The van der Waals surface area contributed by atoms with Crippen LogP contribution in [0.5, 0.6) is 0 Å². The van der Waals surface area contributed by atoms with Crippen LogP contribution in [-0.2, 0) is 4.79 Å². The van der Waals surface area contributed by atoms with Crippen molar-refractivity contribution in [1.29, 1.82) is 0 Å². The van der Waals surface area contributed by atoms with Gasteiger partial charge in [-0.3, -0.25) is 4.79 Å². The summed E-state index contributed by atoms with van der Waals surface area (Å²) in [4.78, 5) is 10.6. The Morgan fingerprint density at radius 2 is 2.38 bits per heavy atom. The van der Waals surface area contributed by atoms with Crippen LogP contribution in [0.25, 0.3) is 0 Å². The van der Waals surface area contributed by atoms with Crippen molar-refractivity contribution in [2.24, 2.45) is 0 Å². The third-order valence-corrected chi connectivity index (χ3v) is 1.22. The Kier molecular flexibility index (Phi) is 1.05. The van der Waals surface area contributed by atoms with E-state index in [9.17, 15) is 4.79 Å². The second kappa shape index (κ2) is 1.58. The molecule has 0 atom stereocenters. The molecule has 0 spiro atoms. The monoisotopic (exact) mass is 108 g/mol. The molecule has 0 saturated carbocycles. The van der Waals surface area contributed by atoms with Crippen LogP contribution in [0.4, 0.5) is 0 Å². The molecular formula is C7H8O.